The minimum absolute atomic E-state index is 0.361. The van der Waals surface area contributed by atoms with Crippen molar-refractivity contribution in [2.24, 2.45) is 0 Å². The van der Waals surface area contributed by atoms with E-state index >= 15 is 0 Å². The molecule has 0 N–H and O–H groups in total. The predicted octanol–water partition coefficient (Wildman–Crippen LogP) is 2.61. The fraction of sp³-hybridized carbons (Fsp3) is 0.500. The summed E-state index contributed by atoms with van der Waals surface area (Å²) in [4.78, 5) is 14.1. The van der Waals surface area contributed by atoms with E-state index in [4.69, 9.17) is 9.72 Å². The van der Waals surface area contributed by atoms with E-state index in [1.165, 1.54) is 11.1 Å². The summed E-state index contributed by atoms with van der Waals surface area (Å²) < 4.78 is 5.97. The maximum atomic E-state index is 5.97. The molecule has 2 fully saturated rings. The molecule has 0 spiro atoms. The van der Waals surface area contributed by atoms with Gasteiger partial charge in [-0.2, -0.15) is 0 Å². The van der Waals surface area contributed by atoms with Crippen LogP contribution in [0.1, 0.15) is 29.9 Å². The van der Waals surface area contributed by atoms with E-state index in [9.17, 15) is 0 Å². The van der Waals surface area contributed by atoms with Crippen LogP contribution in [0, 0.1) is 6.92 Å². The molecule has 1 aromatic heterocycles. The number of piperazine rings is 1. The molecule has 0 radical (unpaired) electrons. The van der Waals surface area contributed by atoms with E-state index in [-0.39, 0.29) is 0 Å². The van der Waals surface area contributed by atoms with E-state index in [0.717, 1.165) is 50.9 Å². The first-order valence-electron chi connectivity index (χ1n) is 9.22. The van der Waals surface area contributed by atoms with Gasteiger partial charge in [0, 0.05) is 31.4 Å². The zero-order valence-corrected chi connectivity index (χ0v) is 15.1. The van der Waals surface area contributed by atoms with Crippen molar-refractivity contribution in [3.63, 3.8) is 0 Å². The third-order valence-corrected chi connectivity index (χ3v) is 5.34. The molecule has 2 atom stereocenters. The molecule has 25 heavy (non-hydrogen) atoms. The Morgan fingerprint density at radius 2 is 2.00 bits per heavy atom. The smallest absolute Gasteiger partial charge is 0.135 e. The van der Waals surface area contributed by atoms with Crippen molar-refractivity contribution in [2.45, 2.75) is 32.4 Å². The highest BCUT2D eigenvalue weighted by atomic mass is 16.5. The topological polar surface area (TPSA) is 41.5 Å². The molecule has 0 saturated carbocycles. The second-order valence-electron chi connectivity index (χ2n) is 6.92. The number of fused-ring (bicyclic) bond motifs is 1. The van der Waals surface area contributed by atoms with Crippen molar-refractivity contribution in [3.8, 4) is 0 Å². The summed E-state index contributed by atoms with van der Waals surface area (Å²) in [5.74, 6) is 1.95. The molecule has 2 aliphatic heterocycles. The van der Waals surface area contributed by atoms with Crippen LogP contribution < -0.4 is 4.90 Å². The lowest BCUT2D eigenvalue weighted by molar-refractivity contribution is -0.0548. The number of ether oxygens (including phenoxy) is 1. The maximum Gasteiger partial charge on any atom is 0.135 e. The standard InChI is InChI=1S/C20H26N4O/c1-3-16-11-21-15(2)22-20(16)23-9-10-24-18(12-23)13-25-14-19(24)17-7-5-4-6-8-17/h4-8,11,18-19H,3,9-10,12-14H2,1-2H3/t18-,19-/m1/s1. The summed E-state index contributed by atoms with van der Waals surface area (Å²) in [5, 5.41) is 0. The minimum Gasteiger partial charge on any atom is -0.378 e. The number of hydrogen-bond donors (Lipinski definition) is 0. The molecular weight excluding hydrogens is 312 g/mol. The summed E-state index contributed by atoms with van der Waals surface area (Å²) in [6.07, 6.45) is 2.94. The van der Waals surface area contributed by atoms with Crippen molar-refractivity contribution >= 4 is 5.82 Å². The summed E-state index contributed by atoms with van der Waals surface area (Å²) in [6, 6.07) is 11.5. The minimum atomic E-state index is 0.361. The molecule has 4 rings (SSSR count). The summed E-state index contributed by atoms with van der Waals surface area (Å²) in [5.41, 5.74) is 2.59. The van der Waals surface area contributed by atoms with E-state index in [1.54, 1.807) is 0 Å². The van der Waals surface area contributed by atoms with Crippen molar-refractivity contribution in [1.82, 2.24) is 14.9 Å². The zero-order valence-electron chi connectivity index (χ0n) is 15.1. The number of benzene rings is 1. The van der Waals surface area contributed by atoms with Gasteiger partial charge in [0.05, 0.1) is 25.3 Å². The Hall–Kier alpha value is -1.98. The molecule has 1 aromatic carbocycles. The fourth-order valence-electron chi connectivity index (χ4n) is 4.00. The van der Waals surface area contributed by atoms with Gasteiger partial charge in [-0.05, 0) is 18.9 Å². The van der Waals surface area contributed by atoms with Crippen LogP contribution >= 0.6 is 0 Å². The Morgan fingerprint density at radius 1 is 1.16 bits per heavy atom. The van der Waals surface area contributed by atoms with Crippen molar-refractivity contribution in [3.05, 3.63) is 53.5 Å². The Kier molecular flexibility index (Phi) is 4.68. The first-order valence-corrected chi connectivity index (χ1v) is 9.22. The molecule has 0 unspecified atom stereocenters. The number of hydrogen-bond acceptors (Lipinski definition) is 5. The molecule has 5 nitrogen and oxygen atoms in total. The quantitative estimate of drug-likeness (QED) is 0.860. The first-order chi connectivity index (χ1) is 12.3. The second kappa shape index (κ2) is 7.10. The highest BCUT2D eigenvalue weighted by molar-refractivity contribution is 5.47. The normalized spacial score (nSPS) is 24.2. The Labute approximate surface area is 149 Å². The molecule has 2 aromatic rings. The predicted molar refractivity (Wildman–Crippen MR) is 98.9 cm³/mol. The molecule has 3 heterocycles. The molecule has 132 valence electrons. The molecular formula is C20H26N4O. The van der Waals surface area contributed by atoms with Crippen molar-refractivity contribution in [2.75, 3.05) is 37.7 Å². The summed E-state index contributed by atoms with van der Waals surface area (Å²) in [6.45, 7) is 8.73. The van der Waals surface area contributed by atoms with Gasteiger partial charge in [0.2, 0.25) is 0 Å². The van der Waals surface area contributed by atoms with Gasteiger partial charge >= 0.3 is 0 Å². The average Bonchev–Trinajstić information content (AvgIpc) is 2.67. The van der Waals surface area contributed by atoms with E-state index in [0.29, 0.717) is 12.1 Å². The van der Waals surface area contributed by atoms with Crippen LogP contribution in [-0.4, -0.2) is 53.8 Å². The van der Waals surface area contributed by atoms with Crippen LogP contribution in [-0.2, 0) is 11.2 Å². The molecule has 2 saturated heterocycles. The van der Waals surface area contributed by atoms with Gasteiger partial charge in [-0.1, -0.05) is 37.3 Å². The van der Waals surface area contributed by atoms with Crippen LogP contribution in [0.5, 0.6) is 0 Å². The fourth-order valence-corrected chi connectivity index (χ4v) is 4.00. The second-order valence-corrected chi connectivity index (χ2v) is 6.92. The Balaban J connectivity index is 1.55. The lowest BCUT2D eigenvalue weighted by Gasteiger charge is -2.48. The van der Waals surface area contributed by atoms with Gasteiger partial charge in [-0.25, -0.2) is 9.97 Å². The lowest BCUT2D eigenvalue weighted by atomic mass is 10.00. The zero-order chi connectivity index (χ0) is 17.2. The number of nitrogens with zero attached hydrogens (tertiary/aromatic N) is 4. The molecule has 2 aliphatic rings. The van der Waals surface area contributed by atoms with Crippen molar-refractivity contribution < 1.29 is 4.74 Å². The maximum absolute atomic E-state index is 5.97. The number of anilines is 1. The Morgan fingerprint density at radius 3 is 2.80 bits per heavy atom. The SMILES string of the molecule is CCc1cnc(C)nc1N1CCN2[C@@H](COC[C@@H]2c2ccccc2)C1. The molecule has 0 amide bonds. The number of rotatable bonds is 3. The Bertz CT molecular complexity index is 721. The van der Waals surface area contributed by atoms with E-state index in [2.05, 4.69) is 52.0 Å². The average molecular weight is 338 g/mol. The van der Waals surface area contributed by atoms with Gasteiger partial charge in [-0.3, -0.25) is 4.90 Å². The van der Waals surface area contributed by atoms with E-state index in [1.807, 2.05) is 13.1 Å². The summed E-state index contributed by atoms with van der Waals surface area (Å²) >= 11 is 0. The van der Waals surface area contributed by atoms with Crippen LogP contribution in [0.2, 0.25) is 0 Å². The molecule has 0 bridgehead atoms. The van der Waals surface area contributed by atoms with Crippen LogP contribution in [0.15, 0.2) is 36.5 Å². The molecule has 0 aliphatic carbocycles. The highest BCUT2D eigenvalue weighted by Crippen LogP contribution is 2.31. The number of aromatic nitrogens is 2. The van der Waals surface area contributed by atoms with Gasteiger partial charge in [0.15, 0.2) is 0 Å². The number of morpholine rings is 1. The van der Waals surface area contributed by atoms with Crippen molar-refractivity contribution in [1.29, 1.82) is 0 Å². The highest BCUT2D eigenvalue weighted by Gasteiger charge is 2.37. The number of aryl methyl sites for hydroxylation is 2. The van der Waals surface area contributed by atoms with Crippen LogP contribution in [0.3, 0.4) is 0 Å². The largest absolute Gasteiger partial charge is 0.378 e. The monoisotopic (exact) mass is 338 g/mol. The van der Waals surface area contributed by atoms with Gasteiger partial charge < -0.3 is 9.64 Å². The third-order valence-electron chi connectivity index (χ3n) is 5.34. The van der Waals surface area contributed by atoms with E-state index < -0.39 is 0 Å². The van der Waals surface area contributed by atoms with Gasteiger partial charge in [0.1, 0.15) is 11.6 Å². The lowest BCUT2D eigenvalue weighted by Crippen LogP contribution is -2.59. The van der Waals surface area contributed by atoms with Gasteiger partial charge in [0.25, 0.3) is 0 Å². The third kappa shape index (κ3) is 3.26. The summed E-state index contributed by atoms with van der Waals surface area (Å²) in [7, 11) is 0. The van der Waals surface area contributed by atoms with Crippen LogP contribution in [0.25, 0.3) is 0 Å². The van der Waals surface area contributed by atoms with Gasteiger partial charge in [-0.15, -0.1) is 0 Å². The molecule has 5 heteroatoms. The van der Waals surface area contributed by atoms with Crippen LogP contribution in [0.4, 0.5) is 5.82 Å². The first kappa shape index (κ1) is 16.5.